The third-order valence-corrected chi connectivity index (χ3v) is 2.65. The van der Waals surface area contributed by atoms with Gasteiger partial charge in [0.05, 0.1) is 11.9 Å². The molecule has 2 rings (SSSR count). The fourth-order valence-corrected chi connectivity index (χ4v) is 1.56. The van der Waals surface area contributed by atoms with E-state index in [1.807, 2.05) is 12.1 Å². The molecule has 0 atom stereocenters. The zero-order chi connectivity index (χ0) is 13.1. The van der Waals surface area contributed by atoms with Gasteiger partial charge in [-0.3, -0.25) is 4.79 Å². The number of pyridine rings is 1. The lowest BCUT2D eigenvalue weighted by molar-refractivity contribution is 0.0965. The van der Waals surface area contributed by atoms with Crippen LogP contribution in [0.15, 0.2) is 34.9 Å². The summed E-state index contributed by atoms with van der Waals surface area (Å²) in [5, 5.41) is 2.92. The van der Waals surface area contributed by atoms with Crippen LogP contribution in [-0.2, 0) is 0 Å². The van der Waals surface area contributed by atoms with Crippen LogP contribution < -0.4 is 10.2 Å². The first-order valence-electron chi connectivity index (χ1n) is 5.60. The number of nitrogens with one attached hydrogen (secondary N) is 1. The van der Waals surface area contributed by atoms with E-state index in [9.17, 15) is 4.79 Å². The first-order chi connectivity index (χ1) is 8.61. The average molecular weight is 245 g/mol. The molecule has 0 aliphatic heterocycles. The second-order valence-corrected chi connectivity index (χ2v) is 3.93. The number of aryl methyl sites for hydroxylation is 1. The van der Waals surface area contributed by atoms with E-state index in [1.54, 1.807) is 39.3 Å². The molecule has 18 heavy (non-hydrogen) atoms. The van der Waals surface area contributed by atoms with Gasteiger partial charge in [-0.15, -0.1) is 0 Å². The number of aromatic nitrogens is 1. The van der Waals surface area contributed by atoms with Crippen molar-refractivity contribution in [3.8, 4) is 0 Å². The summed E-state index contributed by atoms with van der Waals surface area (Å²) >= 11 is 0. The van der Waals surface area contributed by atoms with Crippen molar-refractivity contribution in [3.63, 3.8) is 0 Å². The fourth-order valence-electron chi connectivity index (χ4n) is 1.56. The Morgan fingerprint density at radius 1 is 1.33 bits per heavy atom. The molecule has 0 saturated heterocycles. The van der Waals surface area contributed by atoms with Crippen LogP contribution in [0.4, 0.5) is 11.5 Å². The van der Waals surface area contributed by atoms with Crippen molar-refractivity contribution < 1.29 is 9.21 Å². The van der Waals surface area contributed by atoms with Crippen molar-refractivity contribution in [2.24, 2.45) is 0 Å². The van der Waals surface area contributed by atoms with E-state index in [0.717, 1.165) is 11.6 Å². The molecule has 0 aliphatic carbocycles. The summed E-state index contributed by atoms with van der Waals surface area (Å²) in [6.45, 7) is 1.81. The molecule has 0 saturated carbocycles. The van der Waals surface area contributed by atoms with Gasteiger partial charge in [0.1, 0.15) is 11.6 Å². The second kappa shape index (κ2) is 4.91. The van der Waals surface area contributed by atoms with Gasteiger partial charge in [-0.2, -0.15) is 0 Å². The largest absolute Gasteiger partial charge is 0.456 e. The Morgan fingerprint density at radius 2 is 2.11 bits per heavy atom. The number of amides is 1. The molecule has 1 amide bonds. The first kappa shape index (κ1) is 12.2. The first-order valence-corrected chi connectivity index (χ1v) is 5.60. The van der Waals surface area contributed by atoms with Gasteiger partial charge in [0.2, 0.25) is 0 Å². The predicted octanol–water partition coefficient (Wildman–Crippen LogP) is 2.30. The number of carbonyl (C=O) groups is 1. The number of hydrogen-bond donors (Lipinski definition) is 1. The van der Waals surface area contributed by atoms with Crippen LogP contribution >= 0.6 is 0 Å². The highest BCUT2D eigenvalue weighted by Crippen LogP contribution is 2.17. The summed E-state index contributed by atoms with van der Waals surface area (Å²) in [5.74, 6) is 1.61. The lowest BCUT2D eigenvalue weighted by atomic mass is 10.3. The van der Waals surface area contributed by atoms with Gasteiger partial charge < -0.3 is 14.6 Å². The maximum atomic E-state index is 12.1. The summed E-state index contributed by atoms with van der Waals surface area (Å²) in [6, 6.07) is 7.08. The molecule has 94 valence electrons. The highest BCUT2D eigenvalue weighted by atomic mass is 16.3. The Bertz CT molecular complexity index is 546. The van der Waals surface area contributed by atoms with Gasteiger partial charge in [0, 0.05) is 14.1 Å². The van der Waals surface area contributed by atoms with E-state index in [-0.39, 0.29) is 5.91 Å². The average Bonchev–Trinajstić information content (AvgIpc) is 2.84. The van der Waals surface area contributed by atoms with Crippen LogP contribution in [-0.4, -0.2) is 25.0 Å². The lowest BCUT2D eigenvalue weighted by Crippen LogP contribution is -2.25. The minimum Gasteiger partial charge on any atom is -0.456 e. The van der Waals surface area contributed by atoms with Gasteiger partial charge in [-0.1, -0.05) is 0 Å². The monoisotopic (exact) mass is 245 g/mol. The third-order valence-electron chi connectivity index (χ3n) is 2.65. The zero-order valence-corrected chi connectivity index (χ0v) is 10.6. The molecule has 0 radical (unpaired) electrons. The number of nitrogens with zero attached hydrogens (tertiary/aromatic N) is 2. The highest BCUT2D eigenvalue weighted by molar-refractivity contribution is 6.03. The molecule has 0 aliphatic rings. The molecular weight excluding hydrogens is 230 g/mol. The van der Waals surface area contributed by atoms with Crippen LogP contribution in [0.1, 0.15) is 16.3 Å². The Kier molecular flexibility index (Phi) is 3.32. The molecule has 0 aromatic carbocycles. The van der Waals surface area contributed by atoms with Crippen LogP contribution in [0, 0.1) is 6.92 Å². The minimum atomic E-state index is -0.192. The van der Waals surface area contributed by atoms with Crippen molar-refractivity contribution in [1.29, 1.82) is 0 Å². The van der Waals surface area contributed by atoms with Crippen LogP contribution in [0.5, 0.6) is 0 Å². The third kappa shape index (κ3) is 2.34. The molecule has 5 nitrogen and oxygen atoms in total. The number of hydrogen-bond acceptors (Lipinski definition) is 4. The number of furan rings is 1. The van der Waals surface area contributed by atoms with E-state index in [2.05, 4.69) is 10.3 Å². The number of anilines is 2. The van der Waals surface area contributed by atoms with Crippen LogP contribution in [0.25, 0.3) is 0 Å². The Balaban J connectivity index is 2.19. The summed E-state index contributed by atoms with van der Waals surface area (Å²) in [5.41, 5.74) is 0.716. The summed E-state index contributed by atoms with van der Waals surface area (Å²) < 4.78 is 5.31. The van der Waals surface area contributed by atoms with E-state index >= 15 is 0 Å². The normalized spacial score (nSPS) is 10.2. The fraction of sp³-hybridized carbons (Fsp3) is 0.231. The van der Waals surface area contributed by atoms with Crippen molar-refractivity contribution in [1.82, 2.24) is 4.98 Å². The van der Waals surface area contributed by atoms with E-state index in [0.29, 0.717) is 11.4 Å². The second-order valence-electron chi connectivity index (χ2n) is 3.93. The molecule has 2 aromatic heterocycles. The molecule has 2 aromatic rings. The lowest BCUT2D eigenvalue weighted by Gasteiger charge is -2.15. The van der Waals surface area contributed by atoms with Gasteiger partial charge in [-0.05, 0) is 31.2 Å². The van der Waals surface area contributed by atoms with Gasteiger partial charge in [-0.25, -0.2) is 4.98 Å². The minimum absolute atomic E-state index is 0.192. The van der Waals surface area contributed by atoms with E-state index in [4.69, 9.17) is 4.42 Å². The van der Waals surface area contributed by atoms with Gasteiger partial charge >= 0.3 is 0 Å². The molecule has 0 spiro atoms. The standard InChI is InChI=1S/C13H15N3O2/c1-9-4-6-11(18-9)13(17)16(3)10-5-7-12(14-2)15-8-10/h4-8H,1-3H3,(H,14,15). The van der Waals surface area contributed by atoms with E-state index < -0.39 is 0 Å². The molecule has 0 unspecified atom stereocenters. The molecular formula is C13H15N3O2. The summed E-state index contributed by atoms with van der Waals surface area (Å²) in [7, 11) is 3.48. The van der Waals surface area contributed by atoms with E-state index in [1.165, 1.54) is 4.90 Å². The predicted molar refractivity (Wildman–Crippen MR) is 70.0 cm³/mol. The highest BCUT2D eigenvalue weighted by Gasteiger charge is 2.16. The van der Waals surface area contributed by atoms with Crippen LogP contribution in [0.3, 0.4) is 0 Å². The molecule has 5 heteroatoms. The smallest absolute Gasteiger partial charge is 0.293 e. The maximum Gasteiger partial charge on any atom is 0.293 e. The number of carbonyl (C=O) groups excluding carboxylic acids is 1. The molecule has 0 bridgehead atoms. The summed E-state index contributed by atoms with van der Waals surface area (Å²) in [6.07, 6.45) is 1.64. The Labute approximate surface area is 105 Å². The van der Waals surface area contributed by atoms with Crippen molar-refractivity contribution in [2.45, 2.75) is 6.92 Å². The summed E-state index contributed by atoms with van der Waals surface area (Å²) in [4.78, 5) is 17.8. The SMILES string of the molecule is CNc1ccc(N(C)C(=O)c2ccc(C)o2)cn1. The Morgan fingerprint density at radius 3 is 2.61 bits per heavy atom. The number of rotatable bonds is 3. The quantitative estimate of drug-likeness (QED) is 0.901. The zero-order valence-electron chi connectivity index (χ0n) is 10.6. The van der Waals surface area contributed by atoms with Crippen molar-refractivity contribution in [2.75, 3.05) is 24.3 Å². The van der Waals surface area contributed by atoms with Crippen molar-refractivity contribution >= 4 is 17.4 Å². The van der Waals surface area contributed by atoms with Gasteiger partial charge in [0.15, 0.2) is 5.76 Å². The van der Waals surface area contributed by atoms with Crippen molar-refractivity contribution in [3.05, 3.63) is 42.0 Å². The molecule has 2 heterocycles. The van der Waals surface area contributed by atoms with Gasteiger partial charge in [0.25, 0.3) is 5.91 Å². The van der Waals surface area contributed by atoms with Crippen LogP contribution in [0.2, 0.25) is 0 Å². The molecule has 1 N–H and O–H groups in total. The maximum absolute atomic E-state index is 12.1. The topological polar surface area (TPSA) is 58.4 Å². The molecule has 0 fully saturated rings. The Hall–Kier alpha value is -2.30.